The fraction of sp³-hybridized carbons (Fsp3) is 0.727. The van der Waals surface area contributed by atoms with E-state index in [1.54, 1.807) is 7.05 Å². The van der Waals surface area contributed by atoms with Crippen LogP contribution in [0.5, 0.6) is 0 Å². The molecular formula is C11H19N5OS. The molecule has 100 valence electrons. The molecule has 1 atom stereocenters. The van der Waals surface area contributed by atoms with Gasteiger partial charge >= 0.3 is 0 Å². The summed E-state index contributed by atoms with van der Waals surface area (Å²) in [7, 11) is 1.76. The fourth-order valence-corrected chi connectivity index (χ4v) is 2.86. The third kappa shape index (κ3) is 2.97. The highest BCUT2D eigenvalue weighted by molar-refractivity contribution is 7.17. The van der Waals surface area contributed by atoms with Crippen LogP contribution in [0.25, 0.3) is 0 Å². The number of amides is 1. The molecule has 1 aromatic heterocycles. The van der Waals surface area contributed by atoms with Crippen molar-refractivity contribution in [3.8, 4) is 0 Å². The maximum atomic E-state index is 11.9. The standard InChI is InChI=1S/C11H19N5OS/c1-3-16-6-4-5-8(16)7-13-9(17)10-14-15-11(12-2)18-10/h8H,3-7H2,1-2H3,(H,12,15)(H,13,17). The highest BCUT2D eigenvalue weighted by Gasteiger charge is 2.23. The van der Waals surface area contributed by atoms with Crippen molar-refractivity contribution in [2.75, 3.05) is 32.0 Å². The molecule has 1 unspecified atom stereocenters. The first kappa shape index (κ1) is 13.2. The number of rotatable bonds is 5. The van der Waals surface area contributed by atoms with Gasteiger partial charge in [-0.25, -0.2) is 0 Å². The molecule has 6 nitrogen and oxygen atoms in total. The SMILES string of the molecule is CCN1CCCC1CNC(=O)c1nnc(NC)s1. The molecule has 2 N–H and O–H groups in total. The van der Waals surface area contributed by atoms with Crippen molar-refractivity contribution in [1.82, 2.24) is 20.4 Å². The van der Waals surface area contributed by atoms with Gasteiger partial charge in [-0.1, -0.05) is 18.3 Å². The third-order valence-electron chi connectivity index (χ3n) is 3.24. The van der Waals surface area contributed by atoms with Gasteiger partial charge in [0.2, 0.25) is 10.1 Å². The summed E-state index contributed by atoms with van der Waals surface area (Å²) in [6, 6.07) is 0.468. The molecule has 0 spiro atoms. The van der Waals surface area contributed by atoms with E-state index in [1.165, 1.54) is 17.8 Å². The first-order chi connectivity index (χ1) is 8.74. The highest BCUT2D eigenvalue weighted by Crippen LogP contribution is 2.17. The summed E-state index contributed by atoms with van der Waals surface area (Å²) in [5.74, 6) is -0.128. The quantitative estimate of drug-likeness (QED) is 0.827. The summed E-state index contributed by atoms with van der Waals surface area (Å²) < 4.78 is 0. The molecule has 1 aliphatic rings. The van der Waals surface area contributed by atoms with Crippen LogP contribution in [-0.2, 0) is 0 Å². The third-order valence-corrected chi connectivity index (χ3v) is 4.18. The van der Waals surface area contributed by atoms with Gasteiger partial charge in [-0.3, -0.25) is 9.69 Å². The van der Waals surface area contributed by atoms with Crippen molar-refractivity contribution in [2.24, 2.45) is 0 Å². The van der Waals surface area contributed by atoms with Gasteiger partial charge in [-0.05, 0) is 25.9 Å². The van der Waals surface area contributed by atoms with E-state index in [2.05, 4.69) is 32.7 Å². The van der Waals surface area contributed by atoms with Crippen LogP contribution in [-0.4, -0.2) is 53.7 Å². The van der Waals surface area contributed by atoms with E-state index in [1.807, 2.05) is 0 Å². The summed E-state index contributed by atoms with van der Waals surface area (Å²) in [5.41, 5.74) is 0. The van der Waals surface area contributed by atoms with Crippen molar-refractivity contribution in [2.45, 2.75) is 25.8 Å². The largest absolute Gasteiger partial charge is 0.363 e. The Labute approximate surface area is 111 Å². The second-order valence-corrected chi connectivity index (χ2v) is 5.27. The smallest absolute Gasteiger partial charge is 0.282 e. The van der Waals surface area contributed by atoms with Crippen LogP contribution in [0.15, 0.2) is 0 Å². The lowest BCUT2D eigenvalue weighted by molar-refractivity contribution is 0.0940. The van der Waals surface area contributed by atoms with Gasteiger partial charge in [0, 0.05) is 19.6 Å². The summed E-state index contributed by atoms with van der Waals surface area (Å²) in [4.78, 5) is 14.3. The molecule has 1 saturated heterocycles. The van der Waals surface area contributed by atoms with Gasteiger partial charge < -0.3 is 10.6 Å². The van der Waals surface area contributed by atoms with E-state index >= 15 is 0 Å². The van der Waals surface area contributed by atoms with E-state index in [0.29, 0.717) is 22.7 Å². The van der Waals surface area contributed by atoms with Crippen molar-refractivity contribution in [1.29, 1.82) is 0 Å². The van der Waals surface area contributed by atoms with Gasteiger partial charge in [0.15, 0.2) is 0 Å². The molecule has 0 aromatic carbocycles. The van der Waals surface area contributed by atoms with E-state index in [4.69, 9.17) is 0 Å². The van der Waals surface area contributed by atoms with Crippen molar-refractivity contribution in [3.63, 3.8) is 0 Å². The van der Waals surface area contributed by atoms with Gasteiger partial charge in [0.1, 0.15) is 0 Å². The second-order valence-electron chi connectivity index (χ2n) is 4.30. The Morgan fingerprint density at radius 1 is 1.56 bits per heavy atom. The van der Waals surface area contributed by atoms with Crippen LogP contribution in [0, 0.1) is 0 Å². The summed E-state index contributed by atoms with van der Waals surface area (Å²) in [6.45, 7) is 5.04. The monoisotopic (exact) mass is 269 g/mol. The summed E-state index contributed by atoms with van der Waals surface area (Å²) >= 11 is 1.27. The number of carbonyl (C=O) groups is 1. The first-order valence-corrected chi connectivity index (χ1v) is 7.09. The first-order valence-electron chi connectivity index (χ1n) is 6.28. The lowest BCUT2D eigenvalue weighted by atomic mass is 10.2. The van der Waals surface area contributed by atoms with Crippen LogP contribution in [0.1, 0.15) is 29.6 Å². The average molecular weight is 269 g/mol. The molecule has 7 heteroatoms. The Kier molecular flexibility index (Phi) is 4.48. The number of aromatic nitrogens is 2. The molecule has 1 amide bonds. The van der Waals surface area contributed by atoms with E-state index < -0.39 is 0 Å². The topological polar surface area (TPSA) is 70.2 Å². The maximum absolute atomic E-state index is 11.9. The van der Waals surface area contributed by atoms with Crippen LogP contribution in [0.3, 0.4) is 0 Å². The zero-order valence-electron chi connectivity index (χ0n) is 10.8. The van der Waals surface area contributed by atoms with Gasteiger partial charge in [-0.15, -0.1) is 10.2 Å². The number of nitrogens with zero attached hydrogens (tertiary/aromatic N) is 3. The van der Waals surface area contributed by atoms with Crippen LogP contribution in [0.4, 0.5) is 5.13 Å². The van der Waals surface area contributed by atoms with Gasteiger partial charge in [-0.2, -0.15) is 0 Å². The Morgan fingerprint density at radius 3 is 3.06 bits per heavy atom. The molecule has 1 aromatic rings. The zero-order valence-corrected chi connectivity index (χ0v) is 11.6. The molecule has 0 bridgehead atoms. The molecule has 0 saturated carbocycles. The number of carbonyl (C=O) groups excluding carboxylic acids is 1. The van der Waals surface area contributed by atoms with Gasteiger partial charge in [0.05, 0.1) is 0 Å². The Bertz CT molecular complexity index is 408. The van der Waals surface area contributed by atoms with E-state index in [9.17, 15) is 4.79 Å². The second kappa shape index (κ2) is 6.10. The number of likely N-dealkylation sites (tertiary alicyclic amines) is 1. The molecule has 0 radical (unpaired) electrons. The average Bonchev–Trinajstić information content (AvgIpc) is 3.04. The molecule has 1 fully saturated rings. The molecule has 1 aliphatic heterocycles. The zero-order chi connectivity index (χ0) is 13.0. The number of anilines is 1. The van der Waals surface area contributed by atoms with Crippen LogP contribution in [0.2, 0.25) is 0 Å². The van der Waals surface area contributed by atoms with Crippen LogP contribution < -0.4 is 10.6 Å². The number of likely N-dealkylation sites (N-methyl/N-ethyl adjacent to an activating group) is 1. The molecule has 2 rings (SSSR count). The Morgan fingerprint density at radius 2 is 2.39 bits per heavy atom. The van der Waals surface area contributed by atoms with E-state index in [0.717, 1.165) is 19.5 Å². The Hall–Kier alpha value is -1.21. The minimum Gasteiger partial charge on any atom is -0.363 e. The molecular weight excluding hydrogens is 250 g/mol. The molecule has 0 aliphatic carbocycles. The maximum Gasteiger partial charge on any atom is 0.282 e. The minimum atomic E-state index is -0.128. The van der Waals surface area contributed by atoms with Crippen molar-refractivity contribution < 1.29 is 4.79 Å². The normalized spacial score (nSPS) is 20.0. The number of hydrogen-bond acceptors (Lipinski definition) is 6. The Balaban J connectivity index is 1.84. The van der Waals surface area contributed by atoms with E-state index in [-0.39, 0.29) is 5.91 Å². The number of hydrogen-bond donors (Lipinski definition) is 2. The fourth-order valence-electron chi connectivity index (χ4n) is 2.24. The lowest BCUT2D eigenvalue weighted by Crippen LogP contribution is -2.40. The lowest BCUT2D eigenvalue weighted by Gasteiger charge is -2.22. The predicted octanol–water partition coefficient (Wildman–Crippen LogP) is 0.794. The summed E-state index contributed by atoms with van der Waals surface area (Å²) in [6.07, 6.45) is 2.38. The predicted molar refractivity (Wildman–Crippen MR) is 72.1 cm³/mol. The minimum absolute atomic E-state index is 0.128. The number of nitrogens with one attached hydrogen (secondary N) is 2. The summed E-state index contributed by atoms with van der Waals surface area (Å²) in [5, 5.41) is 14.6. The molecule has 2 heterocycles. The van der Waals surface area contributed by atoms with Crippen molar-refractivity contribution >= 4 is 22.4 Å². The van der Waals surface area contributed by atoms with Crippen molar-refractivity contribution in [3.05, 3.63) is 5.01 Å². The highest BCUT2D eigenvalue weighted by atomic mass is 32.1. The molecule has 18 heavy (non-hydrogen) atoms. The van der Waals surface area contributed by atoms with Crippen LogP contribution >= 0.6 is 11.3 Å². The van der Waals surface area contributed by atoms with Gasteiger partial charge in [0.25, 0.3) is 5.91 Å².